The topological polar surface area (TPSA) is 107 Å². The van der Waals surface area contributed by atoms with Crippen LogP contribution in [0.25, 0.3) is 23.0 Å². The first-order valence-corrected chi connectivity index (χ1v) is 6.98. The van der Waals surface area contributed by atoms with Crippen LogP contribution in [0.15, 0.2) is 68.5 Å². The number of furan rings is 1. The van der Waals surface area contributed by atoms with Crippen molar-refractivity contribution in [2.45, 2.75) is 0 Å². The van der Waals surface area contributed by atoms with Crippen LogP contribution in [0.4, 0.5) is 5.69 Å². The lowest BCUT2D eigenvalue weighted by Gasteiger charge is -2.03. The van der Waals surface area contributed by atoms with E-state index in [0.717, 1.165) is 0 Å². The molecule has 0 aliphatic heterocycles. The number of amides is 1. The highest BCUT2D eigenvalue weighted by molar-refractivity contribution is 6.03. The van der Waals surface area contributed by atoms with E-state index in [1.807, 2.05) is 0 Å². The van der Waals surface area contributed by atoms with Crippen molar-refractivity contribution in [2.24, 2.45) is 0 Å². The number of aromatic nitrogens is 3. The largest absolute Gasteiger partial charge is 0.461 e. The van der Waals surface area contributed by atoms with Crippen LogP contribution >= 0.6 is 0 Å². The molecule has 0 saturated heterocycles. The second kappa shape index (κ2) is 5.84. The zero-order valence-electron chi connectivity index (χ0n) is 12.2. The molecule has 1 N–H and O–H groups in total. The van der Waals surface area contributed by atoms with E-state index in [1.165, 1.54) is 18.7 Å². The first-order chi connectivity index (χ1) is 11.8. The Bertz CT molecular complexity index is 958. The van der Waals surface area contributed by atoms with Crippen LogP contribution in [-0.4, -0.2) is 21.3 Å². The SMILES string of the molecule is O=C(Nc1cccc(-c2nnco2)c1)c1cc(-c2ccco2)on1. The standard InChI is InChI=1S/C16H10N4O4/c21-15(12-8-14(24-20-12)13-5-2-6-22-13)18-11-4-1-3-10(7-11)16-19-17-9-23-16/h1-9H,(H,18,21). The quantitative estimate of drug-likeness (QED) is 0.614. The predicted octanol–water partition coefficient (Wildman–Crippen LogP) is 3.24. The van der Waals surface area contributed by atoms with Gasteiger partial charge >= 0.3 is 0 Å². The predicted molar refractivity (Wildman–Crippen MR) is 81.9 cm³/mol. The Morgan fingerprint density at radius 3 is 2.79 bits per heavy atom. The minimum Gasteiger partial charge on any atom is -0.461 e. The number of hydrogen-bond donors (Lipinski definition) is 1. The fourth-order valence-corrected chi connectivity index (χ4v) is 2.14. The van der Waals surface area contributed by atoms with Gasteiger partial charge in [0.25, 0.3) is 5.91 Å². The molecule has 118 valence electrons. The lowest BCUT2D eigenvalue weighted by atomic mass is 10.2. The molecule has 24 heavy (non-hydrogen) atoms. The average Bonchev–Trinajstić information content (AvgIpc) is 3.36. The Kier molecular flexibility index (Phi) is 3.39. The van der Waals surface area contributed by atoms with Gasteiger partial charge < -0.3 is 18.7 Å². The number of rotatable bonds is 4. The zero-order chi connectivity index (χ0) is 16.4. The van der Waals surface area contributed by atoms with Crippen LogP contribution in [-0.2, 0) is 0 Å². The first kappa shape index (κ1) is 13.9. The molecule has 8 nitrogen and oxygen atoms in total. The summed E-state index contributed by atoms with van der Waals surface area (Å²) in [6.45, 7) is 0. The highest BCUT2D eigenvalue weighted by Crippen LogP contribution is 2.23. The Balaban J connectivity index is 1.53. The number of benzene rings is 1. The molecule has 8 heteroatoms. The molecule has 0 unspecified atom stereocenters. The summed E-state index contributed by atoms with van der Waals surface area (Å²) in [4.78, 5) is 12.3. The molecule has 0 aliphatic carbocycles. The third-order valence-electron chi connectivity index (χ3n) is 3.23. The maximum Gasteiger partial charge on any atom is 0.277 e. The monoisotopic (exact) mass is 322 g/mol. The van der Waals surface area contributed by atoms with Crippen molar-refractivity contribution in [3.63, 3.8) is 0 Å². The van der Waals surface area contributed by atoms with Crippen LogP contribution in [0.1, 0.15) is 10.5 Å². The highest BCUT2D eigenvalue weighted by Gasteiger charge is 2.15. The van der Waals surface area contributed by atoms with E-state index in [4.69, 9.17) is 13.4 Å². The van der Waals surface area contributed by atoms with E-state index in [9.17, 15) is 4.79 Å². The summed E-state index contributed by atoms with van der Waals surface area (Å²) in [6, 6.07) is 12.0. The maximum atomic E-state index is 12.3. The number of hydrogen-bond acceptors (Lipinski definition) is 7. The second-order valence-corrected chi connectivity index (χ2v) is 4.83. The van der Waals surface area contributed by atoms with Crippen LogP contribution in [0.3, 0.4) is 0 Å². The van der Waals surface area contributed by atoms with Crippen molar-refractivity contribution in [2.75, 3.05) is 5.32 Å². The van der Waals surface area contributed by atoms with Gasteiger partial charge in [-0.1, -0.05) is 11.2 Å². The van der Waals surface area contributed by atoms with E-state index >= 15 is 0 Å². The molecule has 4 aromatic rings. The normalized spacial score (nSPS) is 10.7. The molecule has 3 heterocycles. The van der Waals surface area contributed by atoms with Gasteiger partial charge in [0.2, 0.25) is 18.0 Å². The lowest BCUT2D eigenvalue weighted by Crippen LogP contribution is -2.12. The number of nitrogens with one attached hydrogen (secondary N) is 1. The Labute approximate surface area is 135 Å². The molecule has 0 spiro atoms. The van der Waals surface area contributed by atoms with Gasteiger partial charge in [-0.2, -0.15) is 0 Å². The van der Waals surface area contributed by atoms with Crippen molar-refractivity contribution in [1.82, 2.24) is 15.4 Å². The summed E-state index contributed by atoms with van der Waals surface area (Å²) >= 11 is 0. The minimum atomic E-state index is -0.403. The van der Waals surface area contributed by atoms with E-state index in [-0.39, 0.29) is 5.69 Å². The van der Waals surface area contributed by atoms with E-state index in [0.29, 0.717) is 28.7 Å². The Hall–Kier alpha value is -3.68. The van der Waals surface area contributed by atoms with E-state index in [1.54, 1.807) is 36.4 Å². The van der Waals surface area contributed by atoms with Crippen LogP contribution in [0.2, 0.25) is 0 Å². The van der Waals surface area contributed by atoms with Crippen LogP contribution in [0.5, 0.6) is 0 Å². The van der Waals surface area contributed by atoms with E-state index in [2.05, 4.69) is 20.7 Å². The minimum absolute atomic E-state index is 0.143. The third-order valence-corrected chi connectivity index (χ3v) is 3.23. The number of carbonyl (C=O) groups is 1. The number of anilines is 1. The van der Waals surface area contributed by atoms with Crippen LogP contribution < -0.4 is 5.32 Å². The molecular formula is C16H10N4O4. The number of nitrogens with zero attached hydrogens (tertiary/aromatic N) is 3. The Morgan fingerprint density at radius 2 is 2.00 bits per heavy atom. The van der Waals surface area contributed by atoms with Gasteiger partial charge in [0.15, 0.2) is 11.5 Å². The molecule has 3 aromatic heterocycles. The first-order valence-electron chi connectivity index (χ1n) is 6.98. The van der Waals surface area contributed by atoms with Gasteiger partial charge in [0.05, 0.1) is 6.26 Å². The Morgan fingerprint density at radius 1 is 1.04 bits per heavy atom. The summed E-state index contributed by atoms with van der Waals surface area (Å²) in [7, 11) is 0. The highest BCUT2D eigenvalue weighted by atomic mass is 16.5. The number of carbonyl (C=O) groups excluding carboxylic acids is 1. The van der Waals surface area contributed by atoms with Gasteiger partial charge in [-0.3, -0.25) is 4.79 Å². The lowest BCUT2D eigenvalue weighted by molar-refractivity contribution is 0.101. The van der Waals surface area contributed by atoms with Crippen molar-refractivity contribution in [3.8, 4) is 23.0 Å². The second-order valence-electron chi connectivity index (χ2n) is 4.83. The van der Waals surface area contributed by atoms with Gasteiger partial charge in [-0.25, -0.2) is 0 Å². The smallest absolute Gasteiger partial charge is 0.277 e. The van der Waals surface area contributed by atoms with Crippen molar-refractivity contribution in [3.05, 3.63) is 60.8 Å². The molecule has 1 amide bonds. The van der Waals surface area contributed by atoms with Gasteiger partial charge in [0, 0.05) is 17.3 Å². The fraction of sp³-hybridized carbons (Fsp3) is 0. The van der Waals surface area contributed by atoms with Crippen molar-refractivity contribution in [1.29, 1.82) is 0 Å². The summed E-state index contributed by atoms with van der Waals surface area (Å²) in [6.07, 6.45) is 2.76. The molecular weight excluding hydrogens is 312 g/mol. The molecule has 0 aliphatic rings. The third kappa shape index (κ3) is 2.68. The molecule has 0 radical (unpaired) electrons. The molecule has 4 rings (SSSR count). The summed E-state index contributed by atoms with van der Waals surface area (Å²) in [5, 5.41) is 13.9. The van der Waals surface area contributed by atoms with Gasteiger partial charge in [-0.05, 0) is 30.3 Å². The average molecular weight is 322 g/mol. The van der Waals surface area contributed by atoms with Crippen molar-refractivity contribution >= 4 is 11.6 Å². The molecule has 0 saturated carbocycles. The fourth-order valence-electron chi connectivity index (χ4n) is 2.14. The van der Waals surface area contributed by atoms with E-state index < -0.39 is 5.91 Å². The molecule has 0 atom stereocenters. The molecule has 1 aromatic carbocycles. The van der Waals surface area contributed by atoms with Gasteiger partial charge in [0.1, 0.15) is 0 Å². The van der Waals surface area contributed by atoms with Gasteiger partial charge in [-0.15, -0.1) is 10.2 Å². The van der Waals surface area contributed by atoms with Crippen LogP contribution in [0, 0.1) is 0 Å². The summed E-state index contributed by atoms with van der Waals surface area (Å²) < 4.78 is 15.4. The zero-order valence-corrected chi connectivity index (χ0v) is 12.2. The summed E-state index contributed by atoms with van der Waals surface area (Å²) in [5.74, 6) is 0.844. The molecule has 0 fully saturated rings. The maximum absolute atomic E-state index is 12.3. The molecule has 0 bridgehead atoms. The van der Waals surface area contributed by atoms with Crippen molar-refractivity contribution < 1.29 is 18.2 Å². The summed E-state index contributed by atoms with van der Waals surface area (Å²) in [5.41, 5.74) is 1.41.